The zero-order valence-electron chi connectivity index (χ0n) is 14.4. The summed E-state index contributed by atoms with van der Waals surface area (Å²) in [6.45, 7) is 4.06. The number of imidazole rings is 1. The summed E-state index contributed by atoms with van der Waals surface area (Å²) in [5, 5.41) is 11.0. The zero-order valence-corrected chi connectivity index (χ0v) is 14.4. The smallest absolute Gasteiger partial charge is 0.338 e. The summed E-state index contributed by atoms with van der Waals surface area (Å²) in [6, 6.07) is 9.02. The van der Waals surface area contributed by atoms with Crippen molar-refractivity contribution in [2.24, 2.45) is 12.5 Å². The fourth-order valence-electron chi connectivity index (χ4n) is 3.58. The highest BCUT2D eigenvalue weighted by Crippen LogP contribution is 2.47. The predicted octanol–water partition coefficient (Wildman–Crippen LogP) is 3.04. The first-order valence-corrected chi connectivity index (χ1v) is 8.27. The highest BCUT2D eigenvalue weighted by molar-refractivity contribution is 5.89. The second kappa shape index (κ2) is 6.06. The van der Waals surface area contributed by atoms with Crippen molar-refractivity contribution in [3.05, 3.63) is 54.1 Å². The number of esters is 1. The van der Waals surface area contributed by atoms with Crippen LogP contribution in [0, 0.1) is 5.41 Å². The van der Waals surface area contributed by atoms with Crippen LogP contribution < -0.4 is 0 Å². The van der Waals surface area contributed by atoms with Crippen LogP contribution in [0.3, 0.4) is 0 Å². The summed E-state index contributed by atoms with van der Waals surface area (Å²) in [7, 11) is 1.89. The van der Waals surface area contributed by atoms with Crippen LogP contribution in [0.25, 0.3) is 0 Å². The molecule has 0 spiro atoms. The van der Waals surface area contributed by atoms with Gasteiger partial charge in [-0.15, -0.1) is 0 Å². The molecule has 2 atom stereocenters. The molecule has 0 amide bonds. The largest absolute Gasteiger partial charge is 0.458 e. The maximum atomic E-state index is 12.3. The van der Waals surface area contributed by atoms with E-state index < -0.39 is 5.60 Å². The average molecular weight is 328 g/mol. The molecule has 1 aromatic heterocycles. The van der Waals surface area contributed by atoms with Gasteiger partial charge >= 0.3 is 5.97 Å². The Labute approximate surface area is 142 Å². The Balaban J connectivity index is 1.73. The van der Waals surface area contributed by atoms with Crippen LogP contribution in [0.15, 0.2) is 42.9 Å². The summed E-state index contributed by atoms with van der Waals surface area (Å²) in [5.41, 5.74) is -0.0696. The lowest BCUT2D eigenvalue weighted by molar-refractivity contribution is -0.109. The van der Waals surface area contributed by atoms with Gasteiger partial charge < -0.3 is 14.4 Å². The van der Waals surface area contributed by atoms with Gasteiger partial charge in [0, 0.05) is 18.7 Å². The molecule has 1 aliphatic rings. The molecule has 1 N–H and O–H groups in total. The van der Waals surface area contributed by atoms with E-state index in [4.69, 9.17) is 4.74 Å². The van der Waals surface area contributed by atoms with Crippen LogP contribution in [0.5, 0.6) is 0 Å². The Bertz CT molecular complexity index is 723. The minimum absolute atomic E-state index is 0.228. The molecule has 1 fully saturated rings. The van der Waals surface area contributed by atoms with Gasteiger partial charge in [0.05, 0.1) is 17.6 Å². The number of benzene rings is 1. The van der Waals surface area contributed by atoms with Crippen molar-refractivity contribution in [1.82, 2.24) is 9.55 Å². The van der Waals surface area contributed by atoms with Crippen molar-refractivity contribution in [3.8, 4) is 0 Å². The van der Waals surface area contributed by atoms with E-state index in [0.717, 1.165) is 0 Å². The summed E-state index contributed by atoms with van der Waals surface area (Å²) < 4.78 is 7.59. The minimum Gasteiger partial charge on any atom is -0.458 e. The van der Waals surface area contributed by atoms with Gasteiger partial charge in [-0.3, -0.25) is 0 Å². The molecule has 1 aromatic carbocycles. The monoisotopic (exact) mass is 328 g/mol. The van der Waals surface area contributed by atoms with Crippen molar-refractivity contribution in [3.63, 3.8) is 0 Å². The molecule has 1 aliphatic carbocycles. The molecule has 0 bridgehead atoms. The van der Waals surface area contributed by atoms with Crippen molar-refractivity contribution in [1.29, 1.82) is 0 Å². The quantitative estimate of drug-likeness (QED) is 0.880. The SMILES string of the molecule is Cn1cnc([C@@]2(O)CC[C@H](OC(=O)c3ccccc3)C(C)(C)C2)c1. The molecule has 3 rings (SSSR count). The fraction of sp³-hybridized carbons (Fsp3) is 0.474. The third-order valence-electron chi connectivity index (χ3n) is 4.88. The zero-order chi connectivity index (χ0) is 17.4. The molecular weight excluding hydrogens is 304 g/mol. The number of aryl methyl sites for hydroxylation is 1. The van der Waals surface area contributed by atoms with E-state index in [0.29, 0.717) is 30.5 Å². The van der Waals surface area contributed by atoms with Gasteiger partial charge in [0.1, 0.15) is 11.7 Å². The minimum atomic E-state index is -0.972. The standard InChI is InChI=1S/C19H24N2O3/c1-18(2)12-19(23,15-11-21(3)13-20-15)10-9-16(18)24-17(22)14-7-5-4-6-8-14/h4-8,11,13,16,23H,9-10,12H2,1-3H3/t16-,19+/m0/s1. The number of nitrogens with zero attached hydrogens (tertiary/aromatic N) is 2. The molecule has 1 saturated carbocycles. The van der Waals surface area contributed by atoms with Gasteiger partial charge in [-0.1, -0.05) is 32.0 Å². The van der Waals surface area contributed by atoms with E-state index in [1.807, 2.05) is 49.9 Å². The Morgan fingerprint density at radius 1 is 1.33 bits per heavy atom. The average Bonchev–Trinajstić information content (AvgIpc) is 2.98. The number of rotatable bonds is 3. The number of hydrogen-bond donors (Lipinski definition) is 1. The summed E-state index contributed by atoms with van der Waals surface area (Å²) >= 11 is 0. The van der Waals surface area contributed by atoms with Crippen molar-refractivity contribution in [2.75, 3.05) is 0 Å². The molecule has 0 aliphatic heterocycles. The van der Waals surface area contributed by atoms with Crippen LogP contribution in [-0.4, -0.2) is 26.7 Å². The van der Waals surface area contributed by atoms with Gasteiger partial charge in [-0.2, -0.15) is 0 Å². The lowest BCUT2D eigenvalue weighted by Gasteiger charge is -2.45. The summed E-state index contributed by atoms with van der Waals surface area (Å²) in [4.78, 5) is 16.7. The highest BCUT2D eigenvalue weighted by Gasteiger charge is 2.48. The first-order valence-electron chi connectivity index (χ1n) is 8.27. The second-order valence-corrected chi connectivity index (χ2v) is 7.42. The Hall–Kier alpha value is -2.14. The van der Waals surface area contributed by atoms with Crippen molar-refractivity contribution < 1.29 is 14.6 Å². The van der Waals surface area contributed by atoms with Crippen LogP contribution in [0.4, 0.5) is 0 Å². The maximum Gasteiger partial charge on any atom is 0.338 e. The lowest BCUT2D eigenvalue weighted by Crippen LogP contribution is -2.46. The van der Waals surface area contributed by atoms with Crippen LogP contribution >= 0.6 is 0 Å². The molecule has 2 aromatic rings. The van der Waals surface area contributed by atoms with Crippen LogP contribution in [0.2, 0.25) is 0 Å². The van der Waals surface area contributed by atoms with Crippen molar-refractivity contribution >= 4 is 5.97 Å². The van der Waals surface area contributed by atoms with E-state index in [-0.39, 0.29) is 17.5 Å². The number of carbonyl (C=O) groups excluding carboxylic acids is 1. The number of aromatic nitrogens is 2. The molecular formula is C19H24N2O3. The Morgan fingerprint density at radius 2 is 2.04 bits per heavy atom. The van der Waals surface area contributed by atoms with Gasteiger partial charge in [0.2, 0.25) is 0 Å². The molecule has 0 unspecified atom stereocenters. The summed E-state index contributed by atoms with van der Waals surface area (Å²) in [5.74, 6) is -0.308. The van der Waals surface area contributed by atoms with E-state index >= 15 is 0 Å². The predicted molar refractivity (Wildman–Crippen MR) is 90.4 cm³/mol. The molecule has 5 nitrogen and oxygen atoms in total. The molecule has 5 heteroatoms. The lowest BCUT2D eigenvalue weighted by atomic mass is 9.67. The third-order valence-corrected chi connectivity index (χ3v) is 4.88. The van der Waals surface area contributed by atoms with Gasteiger partial charge in [-0.25, -0.2) is 9.78 Å². The number of carbonyl (C=O) groups is 1. The number of ether oxygens (including phenoxy) is 1. The molecule has 0 radical (unpaired) electrons. The van der Waals surface area contributed by atoms with E-state index in [2.05, 4.69) is 4.98 Å². The highest BCUT2D eigenvalue weighted by atomic mass is 16.5. The molecule has 128 valence electrons. The van der Waals surface area contributed by atoms with Crippen LogP contribution in [0.1, 0.15) is 49.2 Å². The van der Waals surface area contributed by atoms with Gasteiger partial charge in [0.15, 0.2) is 0 Å². The third kappa shape index (κ3) is 3.22. The number of aliphatic hydroxyl groups is 1. The van der Waals surface area contributed by atoms with E-state index in [1.54, 1.807) is 18.5 Å². The first-order chi connectivity index (χ1) is 11.3. The molecule has 0 saturated heterocycles. The summed E-state index contributed by atoms with van der Waals surface area (Å²) in [6.07, 6.45) is 4.96. The van der Waals surface area contributed by atoms with Crippen molar-refractivity contribution in [2.45, 2.75) is 44.8 Å². The van der Waals surface area contributed by atoms with E-state index in [1.165, 1.54) is 0 Å². The fourth-order valence-corrected chi connectivity index (χ4v) is 3.58. The van der Waals surface area contributed by atoms with E-state index in [9.17, 15) is 9.90 Å². The number of hydrogen-bond acceptors (Lipinski definition) is 4. The van der Waals surface area contributed by atoms with Gasteiger partial charge in [0.25, 0.3) is 0 Å². The molecule has 1 heterocycles. The first kappa shape index (κ1) is 16.7. The second-order valence-electron chi connectivity index (χ2n) is 7.42. The Morgan fingerprint density at radius 3 is 2.62 bits per heavy atom. The maximum absolute atomic E-state index is 12.3. The molecule has 24 heavy (non-hydrogen) atoms. The van der Waals surface area contributed by atoms with Gasteiger partial charge in [-0.05, 0) is 31.4 Å². The normalized spacial score (nSPS) is 26.1. The van der Waals surface area contributed by atoms with Crippen LogP contribution in [-0.2, 0) is 17.4 Å². The topological polar surface area (TPSA) is 64.3 Å². The Kier molecular flexibility index (Phi) is 4.22.